The number of aliphatic hydroxyl groups excluding tert-OH is 2. The van der Waals surface area contributed by atoms with E-state index < -0.39 is 17.7 Å². The number of phenols is 1. The van der Waals surface area contributed by atoms with E-state index >= 15 is 4.79 Å². The minimum absolute atomic E-state index is 0.0514. The van der Waals surface area contributed by atoms with E-state index in [0.29, 0.717) is 38.0 Å². The van der Waals surface area contributed by atoms with E-state index in [1.165, 1.54) is 38.5 Å². The summed E-state index contributed by atoms with van der Waals surface area (Å²) < 4.78 is 14.5. The normalized spacial score (nSPS) is 23.7. The minimum Gasteiger partial charge on any atom is -0.508 e. The molecule has 0 saturated heterocycles. The fourth-order valence-electron chi connectivity index (χ4n) is 10.5. The maximum Gasteiger partial charge on any atom is 0.239 e. The number of phenolic OH excluding ortho intramolecular Hbond substituents is 1. The Bertz CT molecular complexity index is 1900. The van der Waals surface area contributed by atoms with Gasteiger partial charge in [-0.25, -0.2) is 0 Å². The number of benzene rings is 3. The number of nitrogens with zero attached hydrogens (tertiary/aromatic N) is 2. The van der Waals surface area contributed by atoms with Crippen LogP contribution in [0.15, 0.2) is 90.1 Å². The largest absolute Gasteiger partial charge is 0.508 e. The van der Waals surface area contributed by atoms with Gasteiger partial charge >= 0.3 is 0 Å². The van der Waals surface area contributed by atoms with Crippen LogP contribution < -0.4 is 4.74 Å². The zero-order valence-electron chi connectivity index (χ0n) is 36.2. The summed E-state index contributed by atoms with van der Waals surface area (Å²) in [5.74, 6) is -0.882. The summed E-state index contributed by atoms with van der Waals surface area (Å²) in [7, 11) is 1.57. The summed E-state index contributed by atoms with van der Waals surface area (Å²) in [6.45, 7) is 7.11. The molecule has 6 atom stereocenters. The number of hydrogen-bond acceptors (Lipinski definition) is 8. The van der Waals surface area contributed by atoms with Crippen molar-refractivity contribution in [1.29, 1.82) is 0 Å². The van der Waals surface area contributed by atoms with Gasteiger partial charge < -0.3 is 34.5 Å². The molecule has 3 aromatic rings. The second-order valence-electron chi connectivity index (χ2n) is 17.2. The van der Waals surface area contributed by atoms with Crippen LogP contribution in [0.3, 0.4) is 0 Å². The Labute approximate surface area is 358 Å². The molecule has 60 heavy (non-hydrogen) atoms. The van der Waals surface area contributed by atoms with Gasteiger partial charge in [0.2, 0.25) is 11.7 Å². The highest BCUT2D eigenvalue weighted by Gasteiger charge is 2.65. The van der Waals surface area contributed by atoms with E-state index in [1.807, 2.05) is 29.2 Å². The molecule has 6 unspecified atom stereocenters. The van der Waals surface area contributed by atoms with Crippen molar-refractivity contribution in [3.8, 4) is 11.5 Å². The van der Waals surface area contributed by atoms with Crippen LogP contribution in [-0.2, 0) is 20.9 Å². The van der Waals surface area contributed by atoms with Crippen molar-refractivity contribution in [2.24, 2.45) is 22.9 Å². The Balaban J connectivity index is 1.47. The summed E-state index contributed by atoms with van der Waals surface area (Å²) in [5, 5.41) is 37.7. The van der Waals surface area contributed by atoms with E-state index in [0.717, 1.165) is 78.1 Å². The molecular weight excluding hydrogens is 753 g/mol. The van der Waals surface area contributed by atoms with Gasteiger partial charge in [-0.1, -0.05) is 131 Å². The minimum atomic E-state index is -1.34. The average Bonchev–Trinajstić information content (AvgIpc) is 3.26. The van der Waals surface area contributed by atoms with Crippen molar-refractivity contribution in [3.63, 3.8) is 0 Å². The van der Waals surface area contributed by atoms with Gasteiger partial charge in [-0.3, -0.25) is 4.79 Å². The summed E-state index contributed by atoms with van der Waals surface area (Å²) in [6, 6.07) is 19.4. The Morgan fingerprint density at radius 3 is 2.37 bits per heavy atom. The average molecular weight is 823 g/mol. The third-order valence-electron chi connectivity index (χ3n) is 13.3. The van der Waals surface area contributed by atoms with Gasteiger partial charge in [0.25, 0.3) is 0 Å². The number of amides is 1. The lowest BCUT2D eigenvalue weighted by Gasteiger charge is -2.60. The summed E-state index contributed by atoms with van der Waals surface area (Å²) in [6.07, 6.45) is 20.1. The van der Waals surface area contributed by atoms with Crippen molar-refractivity contribution in [2.45, 2.75) is 140 Å². The second kappa shape index (κ2) is 22.6. The smallest absolute Gasteiger partial charge is 0.239 e. The molecule has 9 heteroatoms. The molecule has 1 amide bonds. The molecule has 0 radical (unpaired) electrons. The van der Waals surface area contributed by atoms with Crippen LogP contribution in [-0.4, -0.2) is 70.6 Å². The maximum absolute atomic E-state index is 15.2. The first kappa shape index (κ1) is 45.3. The lowest BCUT2D eigenvalue weighted by molar-refractivity contribution is -0.258. The number of unbranched alkanes of at least 4 members (excludes halogenated alkanes) is 10. The molecular formula is C51H70N2O7. The van der Waals surface area contributed by atoms with Crippen LogP contribution in [0.5, 0.6) is 11.5 Å². The van der Waals surface area contributed by atoms with Gasteiger partial charge in [0.15, 0.2) is 0 Å². The third kappa shape index (κ3) is 10.5. The van der Waals surface area contributed by atoms with E-state index in [9.17, 15) is 15.3 Å². The van der Waals surface area contributed by atoms with Gasteiger partial charge in [-0.15, -0.1) is 6.58 Å². The van der Waals surface area contributed by atoms with Crippen LogP contribution in [0.1, 0.15) is 133 Å². The first-order valence-corrected chi connectivity index (χ1v) is 23.0. The molecule has 1 heterocycles. The molecule has 3 N–H and O–H groups in total. The topological polar surface area (TPSA) is 121 Å². The van der Waals surface area contributed by atoms with E-state index in [1.54, 1.807) is 19.3 Å². The van der Waals surface area contributed by atoms with Crippen molar-refractivity contribution < 1.29 is 34.4 Å². The van der Waals surface area contributed by atoms with Gasteiger partial charge in [0.1, 0.15) is 24.7 Å². The molecule has 6 rings (SSSR count). The Morgan fingerprint density at radius 1 is 0.917 bits per heavy atom. The monoisotopic (exact) mass is 823 g/mol. The molecule has 326 valence electrons. The number of oxime groups is 1. The molecule has 1 saturated carbocycles. The van der Waals surface area contributed by atoms with Crippen LogP contribution in [0, 0.1) is 17.8 Å². The SMILES string of the molecule is C=CCOC12Oc3ccc(O)cc3C3C(CCCCO)C(CCCCO)C=C(C(=NOC)CC1N(Cc1cccc4ccccc14)C(=O)CCCCCCCCCCC)C32. The number of ether oxygens (including phenoxy) is 2. The third-order valence-corrected chi connectivity index (χ3v) is 13.3. The standard InChI is InChI=1S/C51H70N2O7/c1-4-6-7-8-9-10-11-12-13-27-48(57)53(36-39-24-20-23-37-21-14-15-25-41(37)39)47-35-45(52-58-3)43-33-38(22-16-18-30-54)42(26-17-19-31-55)49-44-34-40(56)28-29-46(44)60-51(47,50(43)49)59-32-5-2/h5,14-15,20-21,23-25,28-29,33-34,38,42,47,49-50,54-56H,2,4,6-13,16-19,22,26-27,30-32,35-36H2,1,3H3. The molecule has 9 nitrogen and oxygen atoms in total. The zero-order valence-corrected chi connectivity index (χ0v) is 36.2. The predicted octanol–water partition coefficient (Wildman–Crippen LogP) is 10.8. The molecule has 1 fully saturated rings. The van der Waals surface area contributed by atoms with Gasteiger partial charge in [0.05, 0.1) is 18.2 Å². The molecule has 0 bridgehead atoms. The molecule has 1 aliphatic heterocycles. The molecule has 0 spiro atoms. The molecule has 3 aromatic carbocycles. The number of allylic oxidation sites excluding steroid dienone is 1. The van der Waals surface area contributed by atoms with Gasteiger partial charge in [0, 0.05) is 44.1 Å². The fraction of sp³-hybridized carbons (Fsp3) is 0.569. The van der Waals surface area contributed by atoms with Crippen molar-refractivity contribution in [2.75, 3.05) is 26.9 Å². The van der Waals surface area contributed by atoms with Crippen molar-refractivity contribution in [3.05, 3.63) is 96.1 Å². The number of aliphatic hydroxyl groups is 2. The summed E-state index contributed by atoms with van der Waals surface area (Å²) >= 11 is 0. The molecule has 2 aliphatic carbocycles. The van der Waals surface area contributed by atoms with Gasteiger partial charge in [-0.05, 0) is 84.0 Å². The highest BCUT2D eigenvalue weighted by atomic mass is 16.7. The first-order valence-electron chi connectivity index (χ1n) is 23.0. The lowest BCUT2D eigenvalue weighted by Crippen LogP contribution is -2.70. The quantitative estimate of drug-likeness (QED) is 0.0442. The fourth-order valence-corrected chi connectivity index (χ4v) is 10.5. The number of aromatic hydroxyl groups is 1. The highest BCUT2D eigenvalue weighted by molar-refractivity contribution is 6.03. The number of carbonyl (C=O) groups is 1. The number of carbonyl (C=O) groups excluding carboxylic acids is 1. The molecule has 0 aromatic heterocycles. The van der Waals surface area contributed by atoms with Crippen molar-refractivity contribution in [1.82, 2.24) is 4.90 Å². The van der Waals surface area contributed by atoms with Crippen LogP contribution >= 0.6 is 0 Å². The first-order chi connectivity index (χ1) is 29.4. The van der Waals surface area contributed by atoms with E-state index in [-0.39, 0.29) is 49.2 Å². The second-order valence-corrected chi connectivity index (χ2v) is 17.2. The Hall–Kier alpha value is -4.18. The van der Waals surface area contributed by atoms with Crippen LogP contribution in [0.2, 0.25) is 0 Å². The zero-order chi connectivity index (χ0) is 42.3. The lowest BCUT2D eigenvalue weighted by atomic mass is 9.55. The highest BCUT2D eigenvalue weighted by Crippen LogP contribution is 2.62. The summed E-state index contributed by atoms with van der Waals surface area (Å²) in [5.41, 5.74) is 3.71. The summed E-state index contributed by atoms with van der Waals surface area (Å²) in [4.78, 5) is 22.8. The van der Waals surface area contributed by atoms with E-state index in [4.69, 9.17) is 19.5 Å². The van der Waals surface area contributed by atoms with Crippen LogP contribution in [0.4, 0.5) is 0 Å². The number of hydrogen-bond donors (Lipinski definition) is 3. The predicted molar refractivity (Wildman–Crippen MR) is 240 cm³/mol. The number of rotatable bonds is 25. The van der Waals surface area contributed by atoms with Gasteiger partial charge in [-0.2, -0.15) is 0 Å². The van der Waals surface area contributed by atoms with Crippen molar-refractivity contribution >= 4 is 22.4 Å². The maximum atomic E-state index is 15.2. The Morgan fingerprint density at radius 2 is 1.63 bits per heavy atom. The van der Waals surface area contributed by atoms with E-state index in [2.05, 4.69) is 49.9 Å². The Kier molecular flexibility index (Phi) is 17.1. The molecule has 3 aliphatic rings. The number of fused-ring (bicyclic) bond motifs is 3. The van der Waals surface area contributed by atoms with Crippen LogP contribution in [0.25, 0.3) is 10.8 Å².